The summed E-state index contributed by atoms with van der Waals surface area (Å²) in [7, 11) is 1.78. The molecule has 0 aliphatic heterocycles. The number of nitrogens with zero attached hydrogens (tertiary/aromatic N) is 2. The zero-order valence-corrected chi connectivity index (χ0v) is 9.71. The fourth-order valence-corrected chi connectivity index (χ4v) is 1.21. The predicted octanol–water partition coefficient (Wildman–Crippen LogP) is 0.858. The van der Waals surface area contributed by atoms with Gasteiger partial charge in [0.2, 0.25) is 5.91 Å². The zero-order valence-electron chi connectivity index (χ0n) is 8.12. The highest BCUT2D eigenvalue weighted by Crippen LogP contribution is 2.14. The molecule has 0 aliphatic carbocycles. The fraction of sp³-hybridized carbons (Fsp3) is 0.500. The number of nitrogens with two attached hydrogens (primary N) is 1. The summed E-state index contributed by atoms with van der Waals surface area (Å²) in [6.07, 6.45) is 0.611. The van der Waals surface area contributed by atoms with Gasteiger partial charge in [-0.2, -0.15) is 5.10 Å². The number of hydrogen-bond acceptors (Lipinski definition) is 3. The molecule has 0 aromatic carbocycles. The van der Waals surface area contributed by atoms with Gasteiger partial charge in [-0.15, -0.1) is 0 Å². The molecule has 14 heavy (non-hydrogen) atoms. The van der Waals surface area contributed by atoms with Crippen molar-refractivity contribution in [3.8, 4) is 0 Å². The molecule has 3 N–H and O–H groups in total. The molecule has 6 heteroatoms. The molecule has 1 rings (SSSR count). The molecule has 0 fully saturated rings. The summed E-state index contributed by atoms with van der Waals surface area (Å²) in [4.78, 5) is 11.4. The van der Waals surface area contributed by atoms with Crippen LogP contribution >= 0.6 is 15.9 Å². The van der Waals surface area contributed by atoms with Gasteiger partial charge in [0.1, 0.15) is 4.60 Å². The SMILES string of the molecule is CCC(N)C(=O)Nc1cc(Br)n(C)n1. The number of rotatable bonds is 3. The fourth-order valence-electron chi connectivity index (χ4n) is 0.910. The standard InChI is InChI=1S/C8H13BrN4O/c1-3-5(10)8(14)11-7-4-6(9)13(2)12-7/h4-5H,3,10H2,1-2H3,(H,11,12,14). The zero-order chi connectivity index (χ0) is 10.7. The van der Waals surface area contributed by atoms with Crippen LogP contribution in [0.3, 0.4) is 0 Å². The molecule has 0 aliphatic rings. The van der Waals surface area contributed by atoms with Crippen LogP contribution in [-0.2, 0) is 11.8 Å². The summed E-state index contributed by atoms with van der Waals surface area (Å²) in [5, 5.41) is 6.68. The van der Waals surface area contributed by atoms with Crippen molar-refractivity contribution in [3.63, 3.8) is 0 Å². The topological polar surface area (TPSA) is 72.9 Å². The lowest BCUT2D eigenvalue weighted by Crippen LogP contribution is -2.34. The number of anilines is 1. The lowest BCUT2D eigenvalue weighted by molar-refractivity contribution is -0.117. The number of carbonyl (C=O) groups is 1. The molecule has 0 radical (unpaired) electrons. The van der Waals surface area contributed by atoms with Crippen LogP contribution in [0.1, 0.15) is 13.3 Å². The van der Waals surface area contributed by atoms with Crippen LogP contribution in [0.25, 0.3) is 0 Å². The second-order valence-corrected chi connectivity index (χ2v) is 3.79. The molecule has 1 atom stereocenters. The van der Waals surface area contributed by atoms with E-state index in [4.69, 9.17) is 5.73 Å². The van der Waals surface area contributed by atoms with Gasteiger partial charge in [-0.05, 0) is 22.4 Å². The van der Waals surface area contributed by atoms with E-state index < -0.39 is 6.04 Å². The number of amides is 1. The predicted molar refractivity (Wildman–Crippen MR) is 57.8 cm³/mol. The quantitative estimate of drug-likeness (QED) is 0.847. The number of carbonyl (C=O) groups excluding carboxylic acids is 1. The van der Waals surface area contributed by atoms with Crippen LogP contribution in [0.15, 0.2) is 10.7 Å². The van der Waals surface area contributed by atoms with E-state index in [1.54, 1.807) is 17.8 Å². The van der Waals surface area contributed by atoms with E-state index >= 15 is 0 Å². The van der Waals surface area contributed by atoms with E-state index in [1.807, 2.05) is 6.92 Å². The summed E-state index contributed by atoms with van der Waals surface area (Å²) < 4.78 is 2.42. The summed E-state index contributed by atoms with van der Waals surface area (Å²) in [5.41, 5.74) is 5.55. The molecule has 0 spiro atoms. The first-order valence-electron chi connectivity index (χ1n) is 4.30. The van der Waals surface area contributed by atoms with Gasteiger partial charge in [-0.3, -0.25) is 9.48 Å². The minimum absolute atomic E-state index is 0.210. The Morgan fingerprint density at radius 1 is 1.86 bits per heavy atom. The van der Waals surface area contributed by atoms with Crippen molar-refractivity contribution in [1.29, 1.82) is 0 Å². The van der Waals surface area contributed by atoms with Gasteiger partial charge in [0, 0.05) is 13.1 Å². The van der Waals surface area contributed by atoms with E-state index in [0.717, 1.165) is 4.60 Å². The Morgan fingerprint density at radius 2 is 2.50 bits per heavy atom. The Kier molecular flexibility index (Phi) is 3.65. The lowest BCUT2D eigenvalue weighted by Gasteiger charge is -2.06. The van der Waals surface area contributed by atoms with E-state index in [9.17, 15) is 4.79 Å². The third kappa shape index (κ3) is 2.55. The molecule has 1 unspecified atom stereocenters. The number of aryl methyl sites for hydroxylation is 1. The van der Waals surface area contributed by atoms with E-state index in [1.165, 1.54) is 0 Å². The van der Waals surface area contributed by atoms with Gasteiger partial charge in [-0.25, -0.2) is 0 Å². The summed E-state index contributed by atoms with van der Waals surface area (Å²) >= 11 is 3.28. The van der Waals surface area contributed by atoms with Crippen LogP contribution in [-0.4, -0.2) is 21.7 Å². The van der Waals surface area contributed by atoms with Gasteiger partial charge in [-0.1, -0.05) is 6.92 Å². The molecule has 0 saturated heterocycles. The van der Waals surface area contributed by atoms with Crippen molar-refractivity contribution in [2.75, 3.05) is 5.32 Å². The monoisotopic (exact) mass is 260 g/mol. The lowest BCUT2D eigenvalue weighted by atomic mass is 10.2. The van der Waals surface area contributed by atoms with Crippen LogP contribution < -0.4 is 11.1 Å². The third-order valence-corrected chi connectivity index (χ3v) is 2.59. The van der Waals surface area contributed by atoms with Gasteiger partial charge >= 0.3 is 0 Å². The molecule has 0 saturated carbocycles. The highest BCUT2D eigenvalue weighted by atomic mass is 79.9. The average Bonchev–Trinajstić information content (AvgIpc) is 2.44. The van der Waals surface area contributed by atoms with Crippen molar-refractivity contribution in [2.24, 2.45) is 12.8 Å². The summed E-state index contributed by atoms with van der Waals surface area (Å²) in [5.74, 6) is 0.298. The van der Waals surface area contributed by atoms with Crippen molar-refractivity contribution < 1.29 is 4.79 Å². The van der Waals surface area contributed by atoms with Crippen LogP contribution in [0.4, 0.5) is 5.82 Å². The first-order valence-corrected chi connectivity index (χ1v) is 5.10. The maximum absolute atomic E-state index is 11.4. The van der Waals surface area contributed by atoms with Gasteiger partial charge in [0.15, 0.2) is 5.82 Å². The minimum Gasteiger partial charge on any atom is -0.320 e. The van der Waals surface area contributed by atoms with Crippen molar-refractivity contribution in [1.82, 2.24) is 9.78 Å². The first kappa shape index (κ1) is 11.2. The van der Waals surface area contributed by atoms with Crippen molar-refractivity contribution in [2.45, 2.75) is 19.4 Å². The van der Waals surface area contributed by atoms with E-state index in [0.29, 0.717) is 12.2 Å². The number of nitrogens with one attached hydrogen (secondary N) is 1. The minimum atomic E-state index is -0.476. The third-order valence-electron chi connectivity index (χ3n) is 1.85. The van der Waals surface area contributed by atoms with Crippen LogP contribution in [0, 0.1) is 0 Å². The molecule has 78 valence electrons. The first-order chi connectivity index (χ1) is 6.54. The number of hydrogen-bond donors (Lipinski definition) is 2. The maximum atomic E-state index is 11.4. The van der Waals surface area contributed by atoms with Crippen LogP contribution in [0.2, 0.25) is 0 Å². The van der Waals surface area contributed by atoms with Gasteiger partial charge < -0.3 is 11.1 Å². The second kappa shape index (κ2) is 4.56. The number of aromatic nitrogens is 2. The molecule has 5 nitrogen and oxygen atoms in total. The Balaban J connectivity index is 2.65. The molecule has 1 aromatic rings. The molecular weight excluding hydrogens is 248 g/mol. The Bertz CT molecular complexity index is 317. The smallest absolute Gasteiger partial charge is 0.242 e. The molecule has 1 heterocycles. The molecule has 1 amide bonds. The highest BCUT2D eigenvalue weighted by Gasteiger charge is 2.12. The molecule has 0 bridgehead atoms. The Morgan fingerprint density at radius 3 is 2.93 bits per heavy atom. The van der Waals surface area contributed by atoms with E-state index in [-0.39, 0.29) is 5.91 Å². The Hall–Kier alpha value is -0.880. The summed E-state index contributed by atoms with van der Waals surface area (Å²) in [6, 6.07) is 1.25. The van der Waals surface area contributed by atoms with Gasteiger partial charge in [0.25, 0.3) is 0 Å². The van der Waals surface area contributed by atoms with Crippen LogP contribution in [0.5, 0.6) is 0 Å². The highest BCUT2D eigenvalue weighted by molar-refractivity contribution is 9.10. The average molecular weight is 261 g/mol. The molecular formula is C8H13BrN4O. The van der Waals surface area contributed by atoms with Gasteiger partial charge in [0.05, 0.1) is 6.04 Å². The van der Waals surface area contributed by atoms with Crippen molar-refractivity contribution in [3.05, 3.63) is 10.7 Å². The maximum Gasteiger partial charge on any atom is 0.242 e. The normalized spacial score (nSPS) is 12.6. The second-order valence-electron chi connectivity index (χ2n) is 2.98. The molecule has 1 aromatic heterocycles. The summed E-state index contributed by atoms with van der Waals surface area (Å²) in [6.45, 7) is 1.86. The van der Waals surface area contributed by atoms with Crippen molar-refractivity contribution >= 4 is 27.7 Å². The number of halogens is 1. The largest absolute Gasteiger partial charge is 0.320 e. The van der Waals surface area contributed by atoms with E-state index in [2.05, 4.69) is 26.3 Å². The Labute approximate surface area is 90.8 Å².